The first-order valence-electron chi connectivity index (χ1n) is 3.32. The molecule has 1 atom stereocenters. The Balaban J connectivity index is 0.00000256. The van der Waals surface area contributed by atoms with Crippen molar-refractivity contribution >= 4 is 78.2 Å². The second-order valence-corrected chi connectivity index (χ2v) is 6.49. The van der Waals surface area contributed by atoms with Gasteiger partial charge >= 0.3 is 51.4 Å². The Bertz CT molecular complexity index is 518. The summed E-state index contributed by atoms with van der Waals surface area (Å²) >= 11 is 32.4. The van der Waals surface area contributed by atoms with Crippen molar-refractivity contribution in [2.75, 3.05) is 0 Å². The quantitative estimate of drug-likeness (QED) is 0.424. The fourth-order valence-corrected chi connectivity index (χ4v) is 2.62. The summed E-state index contributed by atoms with van der Waals surface area (Å²) in [5.41, 5.74) is 0. The number of hydrogen-bond acceptors (Lipinski definition) is 4. The molecule has 90 valence electrons. The number of hydrogen-bond donors (Lipinski definition) is 0. The number of benzene rings is 1. The van der Waals surface area contributed by atoms with E-state index in [0.717, 1.165) is 0 Å². The molecule has 0 aliphatic carbocycles. The van der Waals surface area contributed by atoms with Gasteiger partial charge in [0.15, 0.2) is 5.75 Å². The molecule has 1 rings (SSSR count). The van der Waals surface area contributed by atoms with Crippen molar-refractivity contribution in [2.45, 2.75) is 0 Å². The van der Waals surface area contributed by atoms with Gasteiger partial charge in [0, 0.05) is 11.2 Å². The van der Waals surface area contributed by atoms with Gasteiger partial charge in [-0.1, -0.05) is 58.0 Å². The van der Waals surface area contributed by atoms with Crippen LogP contribution >= 0.6 is 58.0 Å². The Morgan fingerprint density at radius 3 is 1.53 bits per heavy atom. The van der Waals surface area contributed by atoms with Crippen LogP contribution in [0.2, 0.25) is 25.1 Å². The molecule has 0 aliphatic rings. The Hall–Kier alpha value is 2.44. The zero-order valence-electron chi connectivity index (χ0n) is 7.93. The second-order valence-electron chi connectivity index (χ2n) is 2.39. The van der Waals surface area contributed by atoms with Gasteiger partial charge in [-0.25, -0.2) is 4.21 Å². The SMILES string of the molecule is O=S([O-])(=S)Oc1c(Cl)c(Cl)c(Cl)c(Cl)c1Cl.[K+]. The normalized spacial score (nSPS) is 13.8. The van der Waals surface area contributed by atoms with E-state index in [4.69, 9.17) is 58.0 Å². The van der Waals surface area contributed by atoms with Gasteiger partial charge in [0.25, 0.3) is 0 Å². The van der Waals surface area contributed by atoms with Crippen molar-refractivity contribution in [3.8, 4) is 5.75 Å². The molecule has 0 aromatic heterocycles. The Morgan fingerprint density at radius 2 is 1.24 bits per heavy atom. The minimum atomic E-state index is -4.21. The van der Waals surface area contributed by atoms with Crippen molar-refractivity contribution in [2.24, 2.45) is 0 Å². The molecule has 0 N–H and O–H groups in total. The van der Waals surface area contributed by atoms with Crippen molar-refractivity contribution in [1.29, 1.82) is 0 Å². The zero-order chi connectivity index (χ0) is 12.7. The molecule has 0 radical (unpaired) electrons. The predicted octanol–water partition coefficient (Wildman–Crippen LogP) is 1.13. The zero-order valence-corrected chi connectivity index (χ0v) is 16.5. The third-order valence-corrected chi connectivity index (χ3v) is 4.17. The summed E-state index contributed by atoms with van der Waals surface area (Å²) in [7, 11) is -4.21. The van der Waals surface area contributed by atoms with Crippen molar-refractivity contribution in [3.63, 3.8) is 0 Å². The molecule has 1 unspecified atom stereocenters. The first-order valence-corrected chi connectivity index (χ1v) is 7.54. The van der Waals surface area contributed by atoms with E-state index in [2.05, 4.69) is 15.4 Å². The maximum absolute atomic E-state index is 10.8. The predicted molar refractivity (Wildman–Crippen MR) is 68.4 cm³/mol. The first kappa shape index (κ1) is 19.4. The monoisotopic (exact) mass is 398 g/mol. The van der Waals surface area contributed by atoms with Crippen LogP contribution in [0, 0.1) is 0 Å². The van der Waals surface area contributed by atoms with Crippen LogP contribution in [0.1, 0.15) is 0 Å². The molecule has 11 heteroatoms. The molecule has 0 aliphatic heterocycles. The van der Waals surface area contributed by atoms with Crippen LogP contribution in [0.25, 0.3) is 0 Å². The average Bonchev–Trinajstić information content (AvgIpc) is 2.17. The van der Waals surface area contributed by atoms with Crippen LogP contribution in [-0.4, -0.2) is 8.76 Å². The van der Waals surface area contributed by atoms with E-state index in [1.807, 2.05) is 0 Å². The van der Waals surface area contributed by atoms with Crippen molar-refractivity contribution in [3.05, 3.63) is 25.1 Å². The topological polar surface area (TPSA) is 49.4 Å². The molecule has 0 spiro atoms. The summed E-state index contributed by atoms with van der Waals surface area (Å²) in [6.07, 6.45) is 0. The van der Waals surface area contributed by atoms with Gasteiger partial charge < -0.3 is 8.74 Å². The smallest absolute Gasteiger partial charge is 0.739 e. The van der Waals surface area contributed by atoms with Crippen LogP contribution in [0.15, 0.2) is 0 Å². The maximum atomic E-state index is 10.8. The fourth-order valence-electron chi connectivity index (χ4n) is 0.760. The molecule has 0 saturated heterocycles. The Kier molecular flexibility index (Phi) is 8.51. The average molecular weight is 401 g/mol. The van der Waals surface area contributed by atoms with Gasteiger partial charge in [-0.05, 0) is 0 Å². The van der Waals surface area contributed by atoms with Crippen LogP contribution in [0.4, 0.5) is 0 Å². The molecule has 1 aromatic carbocycles. The maximum Gasteiger partial charge on any atom is 1.00 e. The van der Waals surface area contributed by atoms with Gasteiger partial charge in [-0.3, -0.25) is 0 Å². The third-order valence-electron chi connectivity index (χ3n) is 1.35. The molecule has 0 amide bonds. The van der Waals surface area contributed by atoms with E-state index in [0.29, 0.717) is 0 Å². The molecular formula is C6Cl5KO3S2. The summed E-state index contributed by atoms with van der Waals surface area (Å²) in [6, 6.07) is 0. The van der Waals surface area contributed by atoms with Crippen LogP contribution in [-0.2, 0) is 20.2 Å². The van der Waals surface area contributed by atoms with Crippen LogP contribution < -0.4 is 55.6 Å². The summed E-state index contributed by atoms with van der Waals surface area (Å²) in [6.45, 7) is 0. The van der Waals surface area contributed by atoms with E-state index in [-0.39, 0.29) is 76.5 Å². The van der Waals surface area contributed by atoms with Crippen molar-refractivity contribution < 1.29 is 64.3 Å². The summed E-state index contributed by atoms with van der Waals surface area (Å²) in [5.74, 6) is -0.447. The van der Waals surface area contributed by atoms with E-state index in [9.17, 15) is 8.76 Å². The van der Waals surface area contributed by atoms with Crippen LogP contribution in [0.5, 0.6) is 5.75 Å². The third kappa shape index (κ3) is 5.04. The summed E-state index contributed by atoms with van der Waals surface area (Å²) in [5, 5.41) is -1.02. The molecular weight excluding hydrogens is 401 g/mol. The Labute approximate surface area is 170 Å². The number of halogens is 5. The van der Waals surface area contributed by atoms with E-state index >= 15 is 0 Å². The molecule has 0 bridgehead atoms. The fraction of sp³-hybridized carbons (Fsp3) is 0. The van der Waals surface area contributed by atoms with Gasteiger partial charge in [0.2, 0.25) is 0 Å². The van der Waals surface area contributed by atoms with Gasteiger partial charge in [0.1, 0.15) is 19.1 Å². The summed E-state index contributed by atoms with van der Waals surface area (Å²) < 4.78 is 25.9. The molecule has 0 fully saturated rings. The van der Waals surface area contributed by atoms with Gasteiger partial charge in [0.05, 0.1) is 15.1 Å². The standard InChI is InChI=1S/C6HCl5O3S2.K/c7-1-2(8)4(10)6(5(11)3(1)9)14-16(12,13)15;/h(H,12,13,15);/q;+1/p-1. The molecule has 0 heterocycles. The first-order chi connectivity index (χ1) is 7.15. The van der Waals surface area contributed by atoms with Gasteiger partial charge in [-0.15, -0.1) is 0 Å². The minimum Gasteiger partial charge on any atom is -0.739 e. The molecule has 1 aromatic rings. The Morgan fingerprint density at radius 1 is 0.941 bits per heavy atom. The van der Waals surface area contributed by atoms with Gasteiger partial charge in [-0.2, -0.15) is 0 Å². The molecule has 0 saturated carbocycles. The second kappa shape index (κ2) is 7.45. The van der Waals surface area contributed by atoms with E-state index in [1.54, 1.807) is 0 Å². The van der Waals surface area contributed by atoms with E-state index in [1.165, 1.54) is 0 Å². The van der Waals surface area contributed by atoms with E-state index < -0.39 is 14.8 Å². The van der Waals surface area contributed by atoms with Crippen LogP contribution in [0.3, 0.4) is 0 Å². The minimum absolute atomic E-state index is 0. The number of rotatable bonds is 2. The molecule has 3 nitrogen and oxygen atoms in total. The largest absolute Gasteiger partial charge is 1.00 e. The van der Waals surface area contributed by atoms with Crippen molar-refractivity contribution in [1.82, 2.24) is 0 Å². The summed E-state index contributed by atoms with van der Waals surface area (Å²) in [4.78, 5) is 0. The molecule has 17 heavy (non-hydrogen) atoms.